The van der Waals surface area contributed by atoms with Gasteiger partial charge in [0.1, 0.15) is 0 Å². The number of rotatable bonds is 3. The topological polar surface area (TPSA) is 104 Å². The summed E-state index contributed by atoms with van der Waals surface area (Å²) in [5.74, 6) is -0.000290. The third-order valence-electron chi connectivity index (χ3n) is 4.29. The van der Waals surface area contributed by atoms with Gasteiger partial charge in [-0.3, -0.25) is 9.59 Å². The largest absolute Gasteiger partial charge is 0.459 e. The molecule has 4 rings (SSSR count). The van der Waals surface area contributed by atoms with E-state index in [4.69, 9.17) is 4.42 Å². The van der Waals surface area contributed by atoms with E-state index in [-0.39, 0.29) is 34.5 Å². The molecule has 1 N–H and O–H groups in total. The van der Waals surface area contributed by atoms with E-state index in [0.29, 0.717) is 23.3 Å². The van der Waals surface area contributed by atoms with E-state index in [9.17, 15) is 18.0 Å². The number of aromatic nitrogens is 1. The van der Waals surface area contributed by atoms with Crippen LogP contribution < -0.4 is 4.87 Å². The fraction of sp³-hybridized carbons (Fsp3) is 0.250. The molecule has 1 saturated heterocycles. The molecule has 0 radical (unpaired) electrons. The molecule has 0 aliphatic carbocycles. The summed E-state index contributed by atoms with van der Waals surface area (Å²) in [5, 5.41) is 0. The van der Waals surface area contributed by atoms with Crippen LogP contribution in [0.25, 0.3) is 10.2 Å². The van der Waals surface area contributed by atoms with Crippen molar-refractivity contribution in [2.24, 2.45) is 0 Å². The highest BCUT2D eigenvalue weighted by atomic mass is 32.2. The minimum absolute atomic E-state index is 0.145. The molecule has 2 aromatic heterocycles. The second kappa shape index (κ2) is 6.38. The number of fused-ring (bicyclic) bond motifs is 1. The lowest BCUT2D eigenvalue weighted by Crippen LogP contribution is -2.50. The first-order chi connectivity index (χ1) is 12.4. The molecule has 1 aliphatic rings. The average molecular weight is 393 g/mol. The number of benzene rings is 1. The van der Waals surface area contributed by atoms with Crippen LogP contribution >= 0.6 is 11.3 Å². The number of aromatic amines is 1. The van der Waals surface area contributed by atoms with E-state index < -0.39 is 10.0 Å². The van der Waals surface area contributed by atoms with Crippen molar-refractivity contribution in [3.63, 3.8) is 0 Å². The van der Waals surface area contributed by atoms with Crippen LogP contribution in [0.3, 0.4) is 0 Å². The van der Waals surface area contributed by atoms with Crippen LogP contribution in [-0.2, 0) is 10.0 Å². The van der Waals surface area contributed by atoms with Gasteiger partial charge in [-0.25, -0.2) is 8.42 Å². The maximum absolute atomic E-state index is 12.9. The summed E-state index contributed by atoms with van der Waals surface area (Å²) >= 11 is 0.974. The van der Waals surface area contributed by atoms with E-state index in [2.05, 4.69) is 4.98 Å². The molecule has 1 fully saturated rings. The summed E-state index contributed by atoms with van der Waals surface area (Å²) in [4.78, 5) is 27.8. The molecule has 1 amide bonds. The summed E-state index contributed by atoms with van der Waals surface area (Å²) in [7, 11) is -3.68. The normalized spacial score (nSPS) is 16.2. The minimum atomic E-state index is -3.68. The van der Waals surface area contributed by atoms with E-state index in [1.807, 2.05) is 0 Å². The highest BCUT2D eigenvalue weighted by Crippen LogP contribution is 2.23. The SMILES string of the molecule is O=C(c1ccco1)N1CCN(S(=O)(=O)c2ccc3[nH]c(=O)sc3c2)CC1. The van der Waals surface area contributed by atoms with Crippen molar-refractivity contribution < 1.29 is 17.6 Å². The number of furan rings is 1. The summed E-state index contributed by atoms with van der Waals surface area (Å²) in [6, 6.07) is 7.81. The Kier molecular flexibility index (Phi) is 4.17. The maximum atomic E-state index is 12.9. The Hall–Kier alpha value is -2.43. The van der Waals surface area contributed by atoms with E-state index >= 15 is 0 Å². The zero-order chi connectivity index (χ0) is 18.3. The Morgan fingerprint density at radius 1 is 1.15 bits per heavy atom. The average Bonchev–Trinajstić information content (AvgIpc) is 3.29. The quantitative estimate of drug-likeness (QED) is 0.723. The van der Waals surface area contributed by atoms with Crippen molar-refractivity contribution in [1.29, 1.82) is 0 Å². The van der Waals surface area contributed by atoms with Gasteiger partial charge < -0.3 is 14.3 Å². The van der Waals surface area contributed by atoms with E-state index in [1.165, 1.54) is 22.7 Å². The van der Waals surface area contributed by atoms with E-state index in [0.717, 1.165) is 11.3 Å². The smallest absolute Gasteiger partial charge is 0.305 e. The van der Waals surface area contributed by atoms with Crippen molar-refractivity contribution in [2.45, 2.75) is 4.90 Å². The molecule has 0 unspecified atom stereocenters. The maximum Gasteiger partial charge on any atom is 0.305 e. The van der Waals surface area contributed by atoms with Crippen molar-refractivity contribution in [1.82, 2.24) is 14.2 Å². The summed E-state index contributed by atoms with van der Waals surface area (Å²) in [6.07, 6.45) is 1.43. The van der Waals surface area contributed by atoms with Gasteiger partial charge in [-0.1, -0.05) is 11.3 Å². The van der Waals surface area contributed by atoms with Gasteiger partial charge in [0.15, 0.2) is 5.76 Å². The monoisotopic (exact) mass is 393 g/mol. The summed E-state index contributed by atoms with van der Waals surface area (Å²) < 4.78 is 32.8. The molecule has 3 heterocycles. The number of piperazine rings is 1. The molecule has 3 aromatic rings. The van der Waals surface area contributed by atoms with Crippen LogP contribution in [0.1, 0.15) is 10.6 Å². The Morgan fingerprint density at radius 2 is 1.92 bits per heavy atom. The van der Waals surface area contributed by atoms with Gasteiger partial charge in [0.2, 0.25) is 10.0 Å². The Balaban J connectivity index is 1.52. The first-order valence-electron chi connectivity index (χ1n) is 7.91. The van der Waals surface area contributed by atoms with Crippen molar-refractivity contribution in [3.05, 3.63) is 52.0 Å². The number of thiazole rings is 1. The summed E-state index contributed by atoms with van der Waals surface area (Å²) in [5.41, 5.74) is 0.618. The second-order valence-electron chi connectivity index (χ2n) is 5.85. The molecule has 26 heavy (non-hydrogen) atoms. The number of hydrogen-bond donors (Lipinski definition) is 1. The number of carbonyl (C=O) groups excluding carboxylic acids is 1. The Labute approximate surface area is 152 Å². The highest BCUT2D eigenvalue weighted by Gasteiger charge is 2.31. The Bertz CT molecular complexity index is 1110. The van der Waals surface area contributed by atoms with Gasteiger partial charge >= 0.3 is 4.87 Å². The van der Waals surface area contributed by atoms with E-state index in [1.54, 1.807) is 23.1 Å². The molecular formula is C16H15N3O5S2. The Morgan fingerprint density at radius 3 is 2.62 bits per heavy atom. The first-order valence-corrected chi connectivity index (χ1v) is 10.2. The van der Waals surface area contributed by atoms with Gasteiger partial charge in [-0.05, 0) is 30.3 Å². The summed E-state index contributed by atoms with van der Waals surface area (Å²) in [6.45, 7) is 0.989. The molecule has 8 nitrogen and oxygen atoms in total. The fourth-order valence-electron chi connectivity index (χ4n) is 2.92. The number of nitrogens with zero attached hydrogens (tertiary/aromatic N) is 2. The van der Waals surface area contributed by atoms with Crippen molar-refractivity contribution >= 4 is 37.5 Å². The standard InChI is InChI=1S/C16H15N3O5S2/c20-15(13-2-1-9-24-13)18-5-7-19(8-6-18)26(22,23)11-3-4-12-14(10-11)25-16(21)17-12/h1-4,9-10H,5-8H2,(H,17,21). The van der Waals surface area contributed by atoms with Crippen LogP contribution in [0, 0.1) is 0 Å². The van der Waals surface area contributed by atoms with Crippen molar-refractivity contribution in [3.8, 4) is 0 Å². The molecule has 136 valence electrons. The molecule has 0 saturated carbocycles. The van der Waals surface area contributed by atoms with Gasteiger partial charge in [-0.15, -0.1) is 0 Å². The zero-order valence-corrected chi connectivity index (χ0v) is 15.2. The number of nitrogens with one attached hydrogen (secondary N) is 1. The van der Waals surface area contributed by atoms with Gasteiger partial charge in [0, 0.05) is 26.2 Å². The molecular weight excluding hydrogens is 378 g/mol. The van der Waals surface area contributed by atoms with Gasteiger partial charge in [-0.2, -0.15) is 4.31 Å². The molecule has 0 bridgehead atoms. The third kappa shape index (κ3) is 2.96. The number of hydrogen-bond acceptors (Lipinski definition) is 6. The predicted molar refractivity (Wildman–Crippen MR) is 95.8 cm³/mol. The fourth-order valence-corrected chi connectivity index (χ4v) is 5.22. The molecule has 1 aromatic carbocycles. The van der Waals surface area contributed by atoms with Crippen LogP contribution in [0.5, 0.6) is 0 Å². The number of H-pyrrole nitrogens is 1. The molecule has 0 spiro atoms. The third-order valence-corrected chi connectivity index (χ3v) is 7.03. The van der Waals surface area contributed by atoms with Crippen molar-refractivity contribution in [2.75, 3.05) is 26.2 Å². The molecule has 0 atom stereocenters. The number of carbonyl (C=O) groups is 1. The lowest BCUT2D eigenvalue weighted by atomic mass is 10.3. The lowest BCUT2D eigenvalue weighted by Gasteiger charge is -2.33. The molecule has 1 aliphatic heterocycles. The van der Waals surface area contributed by atoms with Crippen LogP contribution in [0.15, 0.2) is 50.7 Å². The minimum Gasteiger partial charge on any atom is -0.459 e. The highest BCUT2D eigenvalue weighted by molar-refractivity contribution is 7.89. The van der Waals surface area contributed by atoms with Crippen LogP contribution in [0.2, 0.25) is 0 Å². The number of amides is 1. The van der Waals surface area contributed by atoms with Gasteiger partial charge in [0.25, 0.3) is 5.91 Å². The lowest BCUT2D eigenvalue weighted by molar-refractivity contribution is 0.0666. The molecule has 10 heteroatoms. The van der Waals surface area contributed by atoms with Gasteiger partial charge in [0.05, 0.1) is 21.4 Å². The van der Waals surface area contributed by atoms with Crippen LogP contribution in [-0.4, -0.2) is 54.7 Å². The second-order valence-corrected chi connectivity index (χ2v) is 8.80. The van der Waals surface area contributed by atoms with Crippen LogP contribution in [0.4, 0.5) is 0 Å². The number of sulfonamides is 1. The predicted octanol–water partition coefficient (Wildman–Crippen LogP) is 1.33. The zero-order valence-electron chi connectivity index (χ0n) is 13.5. The first kappa shape index (κ1) is 17.0.